The number of hydrogen-bond acceptors (Lipinski definition) is 4. The Morgan fingerprint density at radius 1 is 0.943 bits per heavy atom. The number of carbonyl (C=O) groups is 3. The molecule has 0 aromatic carbocycles. The fraction of sp³-hybridized carbons (Fsp3) is 0.833. The average Bonchev–Trinajstić information content (AvgIpc) is 2.81. The van der Waals surface area contributed by atoms with E-state index in [0.29, 0.717) is 25.7 Å². The summed E-state index contributed by atoms with van der Waals surface area (Å²) >= 11 is 0. The molecule has 1 N–H and O–H groups in total. The number of carboxylic acids is 1. The van der Waals surface area contributed by atoms with E-state index in [4.69, 9.17) is 4.74 Å². The molecule has 5 rings (SSSR count). The van der Waals surface area contributed by atoms with Crippen molar-refractivity contribution in [1.82, 2.24) is 0 Å². The maximum Gasteiger partial charge on any atom is 0.310 e. The van der Waals surface area contributed by atoms with E-state index in [1.807, 2.05) is 19.9 Å². The molecule has 1 saturated heterocycles. The lowest BCUT2D eigenvalue weighted by Gasteiger charge is -2.68. The van der Waals surface area contributed by atoms with Crippen LogP contribution in [-0.4, -0.2) is 28.4 Å². The summed E-state index contributed by atoms with van der Waals surface area (Å²) in [5, 5.41) is 10.5. The summed E-state index contributed by atoms with van der Waals surface area (Å²) in [5.74, 6) is -0.849. The number of cyclic esters (lactones) is 1. The van der Waals surface area contributed by atoms with Gasteiger partial charge in [0, 0.05) is 18.3 Å². The van der Waals surface area contributed by atoms with Crippen molar-refractivity contribution in [3.05, 3.63) is 11.6 Å². The summed E-state index contributed by atoms with van der Waals surface area (Å²) in [6.07, 6.45) is 8.65. The van der Waals surface area contributed by atoms with E-state index in [2.05, 4.69) is 34.6 Å². The molecule has 35 heavy (non-hydrogen) atoms. The van der Waals surface area contributed by atoms with Gasteiger partial charge in [-0.2, -0.15) is 0 Å². The number of allylic oxidation sites excluding steroid dienone is 2. The van der Waals surface area contributed by atoms with Crippen LogP contribution in [-0.2, 0) is 19.1 Å². The van der Waals surface area contributed by atoms with Gasteiger partial charge >= 0.3 is 11.9 Å². The molecule has 194 valence electrons. The molecule has 0 bridgehead atoms. The second kappa shape index (κ2) is 7.22. The molecule has 5 nitrogen and oxygen atoms in total. The van der Waals surface area contributed by atoms with Crippen LogP contribution in [0.4, 0.5) is 0 Å². The number of ether oxygens (including phenoxy) is 1. The van der Waals surface area contributed by atoms with Crippen LogP contribution in [0.5, 0.6) is 0 Å². The fourth-order valence-electron chi connectivity index (χ4n) is 10.1. The molecular weight excluding hydrogens is 440 g/mol. The zero-order chi connectivity index (χ0) is 25.8. The first-order valence-corrected chi connectivity index (χ1v) is 13.7. The Hall–Kier alpha value is -1.65. The molecule has 1 aliphatic heterocycles. The largest absolute Gasteiger partial charge is 0.481 e. The number of ketones is 1. The Morgan fingerprint density at radius 2 is 1.60 bits per heavy atom. The van der Waals surface area contributed by atoms with Gasteiger partial charge in [-0.3, -0.25) is 14.4 Å². The van der Waals surface area contributed by atoms with Crippen molar-refractivity contribution in [2.24, 2.45) is 44.8 Å². The molecular formula is C30H44O5. The number of esters is 1. The van der Waals surface area contributed by atoms with Crippen LogP contribution in [0.25, 0.3) is 0 Å². The monoisotopic (exact) mass is 484 g/mol. The topological polar surface area (TPSA) is 80.7 Å². The summed E-state index contributed by atoms with van der Waals surface area (Å²) in [5.41, 5.74) is -1.00. The first-order valence-electron chi connectivity index (χ1n) is 13.7. The van der Waals surface area contributed by atoms with Crippen molar-refractivity contribution in [2.75, 3.05) is 0 Å². The van der Waals surface area contributed by atoms with Crippen LogP contribution in [0.2, 0.25) is 0 Å². The number of carboxylic acid groups (broad SMARTS) is 1. The quantitative estimate of drug-likeness (QED) is 0.439. The number of hydrogen-bond donors (Lipinski definition) is 1. The predicted molar refractivity (Wildman–Crippen MR) is 133 cm³/mol. The van der Waals surface area contributed by atoms with Gasteiger partial charge in [0.15, 0.2) is 5.78 Å². The molecule has 1 heterocycles. The van der Waals surface area contributed by atoms with Crippen molar-refractivity contribution in [2.45, 2.75) is 112 Å². The molecule has 0 unspecified atom stereocenters. The minimum absolute atomic E-state index is 0.0656. The maximum absolute atomic E-state index is 14.3. The van der Waals surface area contributed by atoms with E-state index in [9.17, 15) is 19.5 Å². The van der Waals surface area contributed by atoms with Gasteiger partial charge in [-0.25, -0.2) is 0 Å². The molecule has 0 radical (unpaired) electrons. The van der Waals surface area contributed by atoms with Gasteiger partial charge in [0.05, 0.1) is 5.41 Å². The Balaban J connectivity index is 1.66. The molecule has 0 aromatic heterocycles. The molecule has 3 saturated carbocycles. The van der Waals surface area contributed by atoms with E-state index in [1.54, 1.807) is 0 Å². The van der Waals surface area contributed by atoms with E-state index in [1.165, 1.54) is 0 Å². The van der Waals surface area contributed by atoms with Crippen LogP contribution < -0.4 is 0 Å². The van der Waals surface area contributed by atoms with Gasteiger partial charge in [0.25, 0.3) is 0 Å². The number of rotatable bonds is 1. The Bertz CT molecular complexity index is 1020. The molecule has 0 spiro atoms. The summed E-state index contributed by atoms with van der Waals surface area (Å²) < 4.78 is 5.92. The zero-order valence-electron chi connectivity index (χ0n) is 22.8. The summed E-state index contributed by atoms with van der Waals surface area (Å²) in [6.45, 7) is 15.4. The van der Waals surface area contributed by atoms with Gasteiger partial charge in [-0.05, 0) is 98.9 Å². The molecule has 5 aliphatic rings. The summed E-state index contributed by atoms with van der Waals surface area (Å²) in [7, 11) is 0. The minimum atomic E-state index is -0.754. The van der Waals surface area contributed by atoms with Gasteiger partial charge in [-0.15, -0.1) is 0 Å². The van der Waals surface area contributed by atoms with Crippen molar-refractivity contribution in [3.8, 4) is 0 Å². The summed E-state index contributed by atoms with van der Waals surface area (Å²) in [6, 6.07) is 0. The second-order valence-corrected chi connectivity index (χ2v) is 14.7. The molecule has 5 heteroatoms. The highest BCUT2D eigenvalue weighted by molar-refractivity contribution is 5.96. The number of carbonyl (C=O) groups excluding carboxylic acids is 2. The number of aliphatic carboxylic acids is 1. The zero-order valence-corrected chi connectivity index (χ0v) is 22.8. The first-order chi connectivity index (χ1) is 16.0. The third kappa shape index (κ3) is 3.14. The van der Waals surface area contributed by atoms with Crippen LogP contribution >= 0.6 is 0 Å². The highest BCUT2D eigenvalue weighted by Gasteiger charge is 2.70. The highest BCUT2D eigenvalue weighted by Crippen LogP contribution is 2.74. The van der Waals surface area contributed by atoms with E-state index < -0.39 is 17.0 Å². The van der Waals surface area contributed by atoms with Gasteiger partial charge in [0.2, 0.25) is 0 Å². The molecule has 7 atom stereocenters. The van der Waals surface area contributed by atoms with Crippen molar-refractivity contribution >= 4 is 17.7 Å². The highest BCUT2D eigenvalue weighted by atomic mass is 16.6. The van der Waals surface area contributed by atoms with E-state index in [0.717, 1.165) is 37.7 Å². The SMILES string of the molecule is CC1(C)CC[C@]2(C(=O)O)CC[C@]3(C)C(=CC(=O)[C@@H]4[C@@]5(C)CCC(=O)OC(C)(C)[C@@H]5CC[C@]43C)[C@@H]2C1. The molecule has 0 aromatic rings. The first kappa shape index (κ1) is 25.0. The third-order valence-electron chi connectivity index (χ3n) is 12.2. The Kier molecular flexibility index (Phi) is 5.16. The number of fused-ring (bicyclic) bond motifs is 7. The van der Waals surface area contributed by atoms with E-state index in [-0.39, 0.29) is 51.2 Å². The Morgan fingerprint density at radius 3 is 2.26 bits per heavy atom. The predicted octanol–water partition coefficient (Wildman–Crippen LogP) is 6.35. The van der Waals surface area contributed by atoms with Crippen LogP contribution in [0, 0.1) is 44.8 Å². The lowest BCUT2D eigenvalue weighted by Crippen LogP contribution is -2.65. The summed E-state index contributed by atoms with van der Waals surface area (Å²) in [4.78, 5) is 39.6. The molecule has 0 amide bonds. The van der Waals surface area contributed by atoms with Crippen LogP contribution in [0.15, 0.2) is 11.6 Å². The Labute approximate surface area is 210 Å². The smallest absolute Gasteiger partial charge is 0.310 e. The molecule has 4 fully saturated rings. The van der Waals surface area contributed by atoms with Crippen molar-refractivity contribution in [3.63, 3.8) is 0 Å². The van der Waals surface area contributed by atoms with Gasteiger partial charge in [-0.1, -0.05) is 40.2 Å². The van der Waals surface area contributed by atoms with Crippen LogP contribution in [0.1, 0.15) is 106 Å². The maximum atomic E-state index is 14.3. The lowest BCUT2D eigenvalue weighted by molar-refractivity contribution is -0.192. The van der Waals surface area contributed by atoms with Crippen molar-refractivity contribution in [1.29, 1.82) is 0 Å². The normalized spacial score (nSPS) is 48.2. The lowest BCUT2D eigenvalue weighted by atomic mass is 9.35. The second-order valence-electron chi connectivity index (χ2n) is 14.7. The van der Waals surface area contributed by atoms with Gasteiger partial charge in [0.1, 0.15) is 5.60 Å². The van der Waals surface area contributed by atoms with E-state index >= 15 is 0 Å². The fourth-order valence-corrected chi connectivity index (χ4v) is 10.1. The standard InChI is InChI=1S/C30H44O5/c1-25(2)12-14-30(24(33)34)15-13-28(6)18(19(30)17-25)16-20(31)23-27(5)10-9-22(32)35-26(3,4)21(27)8-11-29(23,28)7/h16,19,21,23H,8-15,17H2,1-7H3,(H,33,34)/t19-,21-,23+,27-,28+,29+,30-/m0/s1. The van der Waals surface area contributed by atoms with Crippen molar-refractivity contribution < 1.29 is 24.2 Å². The van der Waals surface area contributed by atoms with Crippen LogP contribution in [0.3, 0.4) is 0 Å². The minimum Gasteiger partial charge on any atom is -0.481 e. The third-order valence-corrected chi connectivity index (χ3v) is 12.2. The molecule has 4 aliphatic carbocycles. The van der Waals surface area contributed by atoms with Gasteiger partial charge < -0.3 is 9.84 Å². The average molecular weight is 485 g/mol.